The van der Waals surface area contributed by atoms with Crippen molar-refractivity contribution < 1.29 is 23.1 Å². The molecule has 0 aliphatic carbocycles. The molecule has 142 valence electrons. The fourth-order valence-electron chi connectivity index (χ4n) is 2.95. The minimum absolute atomic E-state index is 0.0368. The molecule has 8 heteroatoms. The van der Waals surface area contributed by atoms with E-state index in [4.69, 9.17) is 21.4 Å². The van der Waals surface area contributed by atoms with E-state index in [1.54, 1.807) is 36.4 Å². The minimum atomic E-state index is -3.87. The quantitative estimate of drug-likeness (QED) is 0.641. The maximum Gasteiger partial charge on any atom is 0.303 e. The van der Waals surface area contributed by atoms with E-state index in [1.807, 2.05) is 0 Å². The SMILES string of the molecule is COc1ccc(S(=O)(=O)n2c(CCCC(=O)O)cc3cc(Cl)ccc32)cc1. The van der Waals surface area contributed by atoms with Crippen molar-refractivity contribution in [2.24, 2.45) is 0 Å². The summed E-state index contributed by atoms with van der Waals surface area (Å²) in [7, 11) is -2.36. The minimum Gasteiger partial charge on any atom is -0.497 e. The number of hydrogen-bond acceptors (Lipinski definition) is 4. The summed E-state index contributed by atoms with van der Waals surface area (Å²) < 4.78 is 32.9. The predicted molar refractivity (Wildman–Crippen MR) is 103 cm³/mol. The summed E-state index contributed by atoms with van der Waals surface area (Å²) in [6.45, 7) is 0. The summed E-state index contributed by atoms with van der Waals surface area (Å²) in [6.07, 6.45) is 0.608. The molecule has 0 amide bonds. The Labute approximate surface area is 162 Å². The van der Waals surface area contributed by atoms with Gasteiger partial charge < -0.3 is 9.84 Å². The number of carboxylic acids is 1. The lowest BCUT2D eigenvalue weighted by Gasteiger charge is -2.12. The Morgan fingerprint density at radius 2 is 1.85 bits per heavy atom. The molecule has 0 aliphatic rings. The van der Waals surface area contributed by atoms with Gasteiger partial charge in [0.1, 0.15) is 5.75 Å². The number of methoxy groups -OCH3 is 1. The van der Waals surface area contributed by atoms with Crippen LogP contribution in [0.5, 0.6) is 5.75 Å². The van der Waals surface area contributed by atoms with Gasteiger partial charge in [-0.3, -0.25) is 4.79 Å². The zero-order valence-corrected chi connectivity index (χ0v) is 16.1. The highest BCUT2D eigenvalue weighted by atomic mass is 35.5. The van der Waals surface area contributed by atoms with E-state index >= 15 is 0 Å². The maximum atomic E-state index is 13.3. The monoisotopic (exact) mass is 407 g/mol. The lowest BCUT2D eigenvalue weighted by molar-refractivity contribution is -0.137. The highest BCUT2D eigenvalue weighted by Gasteiger charge is 2.23. The average molecular weight is 408 g/mol. The number of ether oxygens (including phenoxy) is 1. The third-order valence-electron chi connectivity index (χ3n) is 4.21. The first kappa shape index (κ1) is 19.3. The topological polar surface area (TPSA) is 85.6 Å². The van der Waals surface area contributed by atoms with E-state index in [9.17, 15) is 13.2 Å². The molecular weight excluding hydrogens is 390 g/mol. The molecule has 6 nitrogen and oxygen atoms in total. The van der Waals surface area contributed by atoms with Gasteiger partial charge in [-0.25, -0.2) is 12.4 Å². The van der Waals surface area contributed by atoms with Crippen molar-refractivity contribution in [1.82, 2.24) is 3.97 Å². The van der Waals surface area contributed by atoms with Crippen LogP contribution in [0.25, 0.3) is 10.9 Å². The van der Waals surface area contributed by atoms with Crippen molar-refractivity contribution in [2.45, 2.75) is 24.2 Å². The highest BCUT2D eigenvalue weighted by molar-refractivity contribution is 7.90. The zero-order valence-electron chi connectivity index (χ0n) is 14.6. The van der Waals surface area contributed by atoms with E-state index in [0.717, 1.165) is 0 Å². The molecule has 1 heterocycles. The number of rotatable bonds is 7. The van der Waals surface area contributed by atoms with Crippen LogP contribution in [0.3, 0.4) is 0 Å². The molecule has 0 saturated heterocycles. The second kappa shape index (κ2) is 7.62. The number of benzene rings is 2. The molecule has 0 atom stereocenters. The number of aliphatic carboxylic acids is 1. The molecule has 1 aromatic heterocycles. The van der Waals surface area contributed by atoms with Crippen LogP contribution in [0.2, 0.25) is 5.02 Å². The van der Waals surface area contributed by atoms with Crippen LogP contribution in [-0.2, 0) is 21.2 Å². The maximum absolute atomic E-state index is 13.3. The molecule has 2 aromatic carbocycles. The number of fused-ring (bicyclic) bond motifs is 1. The molecule has 0 spiro atoms. The van der Waals surface area contributed by atoms with E-state index in [0.29, 0.717) is 40.2 Å². The van der Waals surface area contributed by atoms with Gasteiger partial charge in [-0.1, -0.05) is 11.6 Å². The van der Waals surface area contributed by atoms with Gasteiger partial charge in [0.2, 0.25) is 0 Å². The number of carboxylic acid groups (broad SMARTS) is 1. The van der Waals surface area contributed by atoms with Gasteiger partial charge in [-0.2, -0.15) is 0 Å². The van der Waals surface area contributed by atoms with Gasteiger partial charge in [-0.05, 0) is 61.4 Å². The van der Waals surface area contributed by atoms with Crippen LogP contribution in [0, 0.1) is 0 Å². The van der Waals surface area contributed by atoms with Crippen molar-refractivity contribution in [3.63, 3.8) is 0 Å². The van der Waals surface area contributed by atoms with Gasteiger partial charge in [0.05, 0.1) is 17.5 Å². The molecule has 0 radical (unpaired) electrons. The first-order chi connectivity index (χ1) is 12.8. The Hall–Kier alpha value is -2.51. The van der Waals surface area contributed by atoms with Crippen molar-refractivity contribution in [2.75, 3.05) is 7.11 Å². The number of nitrogens with zero attached hydrogens (tertiary/aromatic N) is 1. The molecule has 0 fully saturated rings. The summed E-state index contributed by atoms with van der Waals surface area (Å²) in [5.74, 6) is -0.363. The molecule has 0 saturated carbocycles. The van der Waals surface area contributed by atoms with Crippen molar-refractivity contribution in [3.8, 4) is 5.75 Å². The van der Waals surface area contributed by atoms with Gasteiger partial charge in [0.15, 0.2) is 0 Å². The number of carbonyl (C=O) groups is 1. The summed E-state index contributed by atoms with van der Waals surface area (Å²) in [5, 5.41) is 10.1. The number of aryl methyl sites for hydroxylation is 1. The van der Waals surface area contributed by atoms with E-state index < -0.39 is 16.0 Å². The van der Waals surface area contributed by atoms with Gasteiger partial charge in [0, 0.05) is 22.5 Å². The molecule has 3 aromatic rings. The van der Waals surface area contributed by atoms with Crippen molar-refractivity contribution in [1.29, 1.82) is 0 Å². The predicted octanol–water partition coefficient (Wildman–Crippen LogP) is 3.95. The Morgan fingerprint density at radius 1 is 1.15 bits per heavy atom. The van der Waals surface area contributed by atoms with Gasteiger partial charge in [-0.15, -0.1) is 0 Å². The summed E-state index contributed by atoms with van der Waals surface area (Å²) in [4.78, 5) is 10.9. The Bertz CT molecular complexity index is 1090. The second-order valence-electron chi connectivity index (χ2n) is 6.03. The van der Waals surface area contributed by atoms with Crippen LogP contribution >= 0.6 is 11.6 Å². The fourth-order valence-corrected chi connectivity index (χ4v) is 4.70. The molecule has 1 N–H and O–H groups in total. The zero-order chi connectivity index (χ0) is 19.6. The molecule has 0 unspecified atom stereocenters. The van der Waals surface area contributed by atoms with Gasteiger partial charge >= 0.3 is 5.97 Å². The first-order valence-corrected chi connectivity index (χ1v) is 10.1. The van der Waals surface area contributed by atoms with E-state index in [2.05, 4.69) is 0 Å². The molecule has 3 rings (SSSR count). The normalized spacial score (nSPS) is 11.6. The lowest BCUT2D eigenvalue weighted by atomic mass is 10.2. The Kier molecular flexibility index (Phi) is 5.43. The third kappa shape index (κ3) is 3.94. The van der Waals surface area contributed by atoms with Crippen LogP contribution in [0.15, 0.2) is 53.4 Å². The second-order valence-corrected chi connectivity index (χ2v) is 8.25. The molecule has 27 heavy (non-hydrogen) atoms. The lowest BCUT2D eigenvalue weighted by Crippen LogP contribution is -2.16. The highest BCUT2D eigenvalue weighted by Crippen LogP contribution is 2.29. The van der Waals surface area contributed by atoms with Crippen LogP contribution < -0.4 is 4.74 Å². The molecule has 0 bridgehead atoms. The molecular formula is C19H18ClNO5S. The number of hydrogen-bond donors (Lipinski definition) is 1. The van der Waals surface area contributed by atoms with Crippen LogP contribution in [0.4, 0.5) is 0 Å². The summed E-state index contributed by atoms with van der Waals surface area (Å²) >= 11 is 6.04. The number of aromatic nitrogens is 1. The molecule has 0 aliphatic heterocycles. The standard InChI is InChI=1S/C19H18ClNO5S/c1-26-16-6-8-17(9-7-16)27(24,25)21-15(3-2-4-19(22)23)12-13-11-14(20)5-10-18(13)21/h5-12H,2-4H2,1H3,(H,22,23). The van der Waals surface area contributed by atoms with Crippen LogP contribution in [-0.4, -0.2) is 30.6 Å². The van der Waals surface area contributed by atoms with Crippen LogP contribution in [0.1, 0.15) is 18.5 Å². The summed E-state index contributed by atoms with van der Waals surface area (Å²) in [5.41, 5.74) is 1.02. The average Bonchev–Trinajstić information content (AvgIpc) is 2.99. The Balaban J connectivity index is 2.12. The van der Waals surface area contributed by atoms with Gasteiger partial charge in [0.25, 0.3) is 10.0 Å². The third-order valence-corrected chi connectivity index (χ3v) is 6.23. The number of halogens is 1. The fraction of sp³-hybridized carbons (Fsp3) is 0.211. The smallest absolute Gasteiger partial charge is 0.303 e. The largest absolute Gasteiger partial charge is 0.497 e. The van der Waals surface area contributed by atoms with Crippen molar-refractivity contribution >= 4 is 38.5 Å². The van der Waals surface area contributed by atoms with Crippen molar-refractivity contribution in [3.05, 3.63) is 59.2 Å². The Morgan fingerprint density at radius 3 is 2.48 bits per heavy atom. The van der Waals surface area contributed by atoms with E-state index in [1.165, 1.54) is 23.2 Å². The van der Waals surface area contributed by atoms with E-state index in [-0.39, 0.29) is 11.3 Å². The summed E-state index contributed by atoms with van der Waals surface area (Å²) in [6, 6.07) is 12.8. The first-order valence-electron chi connectivity index (χ1n) is 8.24.